The number of pyridine rings is 1. The largest absolute Gasteiger partial charge is 0.481 e. The summed E-state index contributed by atoms with van der Waals surface area (Å²) in [6, 6.07) is 10.1. The van der Waals surface area contributed by atoms with Gasteiger partial charge < -0.3 is 16.3 Å². The molecule has 0 spiro atoms. The number of fused-ring (bicyclic) bond motifs is 1. The highest BCUT2D eigenvalue weighted by atomic mass is 19.1. The summed E-state index contributed by atoms with van der Waals surface area (Å²) in [6.45, 7) is 1.87. The second-order valence-electron chi connectivity index (χ2n) is 6.97. The summed E-state index contributed by atoms with van der Waals surface area (Å²) in [5.74, 6) is 6.02. The van der Waals surface area contributed by atoms with Gasteiger partial charge in [-0.25, -0.2) is 19.3 Å². The Morgan fingerprint density at radius 1 is 1.14 bits per heavy atom. The fourth-order valence-corrected chi connectivity index (χ4v) is 3.94. The molecule has 3 aromatic rings. The minimum atomic E-state index is -0.334. The molecule has 2 aromatic heterocycles. The third kappa shape index (κ3) is 3.49. The third-order valence-corrected chi connectivity index (χ3v) is 5.17. The fraction of sp³-hybridized carbons (Fsp3) is 0.238. The van der Waals surface area contributed by atoms with Gasteiger partial charge in [-0.3, -0.25) is 0 Å². The molecular formula is C21H21FN6O. The number of nitrogen functional groups attached to an aromatic ring is 1. The van der Waals surface area contributed by atoms with Crippen LogP contribution in [0.25, 0.3) is 11.3 Å². The summed E-state index contributed by atoms with van der Waals surface area (Å²) in [5.41, 5.74) is 11.2. The van der Waals surface area contributed by atoms with Gasteiger partial charge in [0.15, 0.2) is 0 Å². The number of halogens is 1. The zero-order chi connectivity index (χ0) is 20.5. The molecule has 148 valence electrons. The van der Waals surface area contributed by atoms with Crippen LogP contribution < -0.4 is 16.3 Å². The Morgan fingerprint density at radius 2 is 1.97 bits per heavy atom. The fourth-order valence-electron chi connectivity index (χ4n) is 3.94. The predicted molar refractivity (Wildman–Crippen MR) is 109 cm³/mol. The summed E-state index contributed by atoms with van der Waals surface area (Å²) in [5, 5.41) is 3.99. The first-order valence-corrected chi connectivity index (χ1v) is 9.21. The first kappa shape index (κ1) is 18.8. The van der Waals surface area contributed by atoms with Gasteiger partial charge in [0.25, 0.3) is 0 Å². The summed E-state index contributed by atoms with van der Waals surface area (Å²) in [7, 11) is 1.55. The molecule has 0 saturated heterocycles. The monoisotopic (exact) mass is 392 g/mol. The molecule has 0 saturated carbocycles. The molecule has 4 rings (SSSR count). The van der Waals surface area contributed by atoms with E-state index in [0.717, 1.165) is 22.5 Å². The number of rotatable bonds is 3. The van der Waals surface area contributed by atoms with Crippen LogP contribution in [0.5, 0.6) is 5.88 Å². The van der Waals surface area contributed by atoms with Gasteiger partial charge in [-0.15, -0.1) is 0 Å². The van der Waals surface area contributed by atoms with Crippen molar-refractivity contribution in [1.29, 1.82) is 0 Å². The minimum absolute atomic E-state index is 0.0119. The average Bonchev–Trinajstić information content (AvgIpc) is 2.72. The quantitative estimate of drug-likeness (QED) is 0.523. The Balaban J connectivity index is 1.83. The number of nitrogens with zero attached hydrogens (tertiary/aromatic N) is 4. The van der Waals surface area contributed by atoms with E-state index in [1.54, 1.807) is 19.2 Å². The lowest BCUT2D eigenvalue weighted by Crippen LogP contribution is -2.25. The molecule has 8 heteroatoms. The second-order valence-corrected chi connectivity index (χ2v) is 6.97. The number of hydrogen-bond donors (Lipinski definition) is 2. The van der Waals surface area contributed by atoms with Crippen molar-refractivity contribution >= 4 is 11.7 Å². The molecule has 4 N–H and O–H groups in total. The van der Waals surface area contributed by atoms with E-state index in [1.807, 2.05) is 19.1 Å². The highest BCUT2D eigenvalue weighted by Gasteiger charge is 2.30. The number of benzene rings is 1. The maximum absolute atomic E-state index is 14.1. The maximum atomic E-state index is 14.1. The number of hydrazone groups is 1. The van der Waals surface area contributed by atoms with Gasteiger partial charge in [0.1, 0.15) is 5.82 Å². The third-order valence-electron chi connectivity index (χ3n) is 5.17. The van der Waals surface area contributed by atoms with Crippen LogP contribution in [0.4, 0.5) is 10.3 Å². The molecule has 1 aromatic carbocycles. The highest BCUT2D eigenvalue weighted by molar-refractivity contribution is 6.04. The zero-order valence-corrected chi connectivity index (χ0v) is 16.2. The van der Waals surface area contributed by atoms with Gasteiger partial charge in [-0.2, -0.15) is 5.10 Å². The number of anilines is 1. The van der Waals surface area contributed by atoms with Gasteiger partial charge in [0.05, 0.1) is 29.9 Å². The lowest BCUT2D eigenvalue weighted by Gasteiger charge is -2.27. The molecule has 1 atom stereocenters. The van der Waals surface area contributed by atoms with Gasteiger partial charge in [0.2, 0.25) is 11.8 Å². The standard InChI is InChI=1S/C21H21FN6O/c1-11-20-17(27-21(23)25-11)8-12(9-18(20)28-24)14-7-6-13(22)10-15(14)16-4-3-5-19(26-16)29-2/h3-7,10,12H,8-9,24H2,1-2H3,(H2,23,25,27)/b28-18+. The lowest BCUT2D eigenvalue weighted by molar-refractivity contribution is 0.398. The van der Waals surface area contributed by atoms with E-state index in [9.17, 15) is 4.39 Å². The molecule has 7 nitrogen and oxygen atoms in total. The van der Waals surface area contributed by atoms with Crippen LogP contribution in [0.2, 0.25) is 0 Å². The first-order chi connectivity index (χ1) is 14.0. The number of aromatic nitrogens is 3. The molecule has 0 bridgehead atoms. The number of nitrogens with two attached hydrogens (primary N) is 2. The van der Waals surface area contributed by atoms with E-state index in [2.05, 4.69) is 20.1 Å². The van der Waals surface area contributed by atoms with Gasteiger partial charge in [-0.05, 0) is 49.4 Å². The molecule has 29 heavy (non-hydrogen) atoms. The Morgan fingerprint density at radius 3 is 2.72 bits per heavy atom. The van der Waals surface area contributed by atoms with Crippen LogP contribution in [0.1, 0.15) is 34.9 Å². The highest BCUT2D eigenvalue weighted by Crippen LogP contribution is 2.38. The molecule has 0 fully saturated rings. The van der Waals surface area contributed by atoms with Gasteiger partial charge in [-0.1, -0.05) is 12.1 Å². The molecular weight excluding hydrogens is 371 g/mol. The van der Waals surface area contributed by atoms with E-state index >= 15 is 0 Å². The maximum Gasteiger partial charge on any atom is 0.220 e. The van der Waals surface area contributed by atoms with Crippen LogP contribution in [-0.2, 0) is 6.42 Å². The van der Waals surface area contributed by atoms with Crippen molar-refractivity contribution in [2.24, 2.45) is 10.9 Å². The topological polar surface area (TPSA) is 112 Å². The molecule has 0 aliphatic heterocycles. The second kappa shape index (κ2) is 7.46. The molecule has 1 unspecified atom stereocenters. The van der Waals surface area contributed by atoms with Crippen LogP contribution in [-0.4, -0.2) is 27.8 Å². The minimum Gasteiger partial charge on any atom is -0.481 e. The summed E-state index contributed by atoms with van der Waals surface area (Å²) in [4.78, 5) is 13.1. The van der Waals surface area contributed by atoms with Crippen molar-refractivity contribution in [1.82, 2.24) is 15.0 Å². The van der Waals surface area contributed by atoms with Crippen molar-refractivity contribution in [3.63, 3.8) is 0 Å². The van der Waals surface area contributed by atoms with Crippen molar-refractivity contribution in [2.45, 2.75) is 25.7 Å². The van der Waals surface area contributed by atoms with E-state index in [4.69, 9.17) is 16.3 Å². The Kier molecular flexibility index (Phi) is 4.84. The smallest absolute Gasteiger partial charge is 0.220 e. The van der Waals surface area contributed by atoms with Crippen LogP contribution in [0, 0.1) is 12.7 Å². The predicted octanol–water partition coefficient (Wildman–Crippen LogP) is 2.97. The number of hydrogen-bond acceptors (Lipinski definition) is 7. The normalized spacial score (nSPS) is 17.2. The average molecular weight is 392 g/mol. The first-order valence-electron chi connectivity index (χ1n) is 9.21. The molecule has 0 radical (unpaired) electrons. The van der Waals surface area contributed by atoms with Crippen LogP contribution in [0.3, 0.4) is 0 Å². The van der Waals surface area contributed by atoms with Crippen molar-refractivity contribution in [3.8, 4) is 17.1 Å². The van der Waals surface area contributed by atoms with E-state index < -0.39 is 0 Å². The summed E-state index contributed by atoms with van der Waals surface area (Å²) >= 11 is 0. The SMILES string of the molecule is COc1cccc(-c2cc(F)ccc2C2C/C(=N\N)c3c(C)nc(N)nc3C2)n1. The van der Waals surface area contributed by atoms with Crippen molar-refractivity contribution < 1.29 is 9.13 Å². The van der Waals surface area contributed by atoms with Crippen LogP contribution in [0.15, 0.2) is 41.5 Å². The summed E-state index contributed by atoms with van der Waals surface area (Å²) in [6.07, 6.45) is 1.20. The molecule has 1 aliphatic carbocycles. The Hall–Kier alpha value is -3.55. The van der Waals surface area contributed by atoms with Crippen LogP contribution >= 0.6 is 0 Å². The van der Waals surface area contributed by atoms with Gasteiger partial charge in [0, 0.05) is 17.2 Å². The van der Waals surface area contributed by atoms with E-state index in [-0.39, 0.29) is 17.7 Å². The Bertz CT molecular complexity index is 1110. The number of methoxy groups -OCH3 is 1. The molecule has 0 amide bonds. The Labute approximate surface area is 167 Å². The van der Waals surface area contributed by atoms with E-state index in [0.29, 0.717) is 35.7 Å². The zero-order valence-electron chi connectivity index (χ0n) is 16.2. The molecule has 1 aliphatic rings. The van der Waals surface area contributed by atoms with E-state index in [1.165, 1.54) is 12.1 Å². The summed E-state index contributed by atoms with van der Waals surface area (Å²) < 4.78 is 19.4. The molecule has 2 heterocycles. The lowest BCUT2D eigenvalue weighted by atomic mass is 9.78. The number of aryl methyl sites for hydroxylation is 1. The van der Waals surface area contributed by atoms with Gasteiger partial charge >= 0.3 is 0 Å². The van der Waals surface area contributed by atoms with Crippen molar-refractivity contribution in [3.05, 3.63) is 64.7 Å². The van der Waals surface area contributed by atoms with Crippen molar-refractivity contribution in [2.75, 3.05) is 12.8 Å². The number of ether oxygens (including phenoxy) is 1.